The number of carbonyl (C=O) groups excluding carboxylic acids is 1. The maximum atomic E-state index is 12.4. The Morgan fingerprint density at radius 3 is 2.62 bits per heavy atom. The van der Waals surface area contributed by atoms with E-state index < -0.39 is 15.9 Å². The van der Waals surface area contributed by atoms with Crippen molar-refractivity contribution in [3.63, 3.8) is 0 Å². The highest BCUT2D eigenvalue weighted by Gasteiger charge is 2.16. The summed E-state index contributed by atoms with van der Waals surface area (Å²) in [4.78, 5) is 22.6. The maximum absolute atomic E-state index is 12.4. The van der Waals surface area contributed by atoms with Gasteiger partial charge in [-0.15, -0.1) is 0 Å². The highest BCUT2D eigenvalue weighted by Crippen LogP contribution is 2.16. The molecule has 29 heavy (non-hydrogen) atoms. The first-order valence-electron chi connectivity index (χ1n) is 9.35. The molecule has 2 aromatic rings. The average Bonchev–Trinajstić information content (AvgIpc) is 2.70. The van der Waals surface area contributed by atoms with Gasteiger partial charge in [0.15, 0.2) is 5.69 Å². The topological polar surface area (TPSA) is 104 Å². The van der Waals surface area contributed by atoms with Crippen molar-refractivity contribution in [2.75, 3.05) is 31.6 Å². The van der Waals surface area contributed by atoms with Crippen LogP contribution in [-0.4, -0.2) is 51.0 Å². The second-order valence-corrected chi connectivity index (χ2v) is 8.75. The standard InChI is InChI=1S/C19H26ClN5O3S/c1-3-4-12-25(2)19-22-13-16(20)17(24-19)18(26)21-10-11-23-29(27,28)14-15-8-6-5-7-9-15/h5-9,13,23H,3-4,10-12,14H2,1-2H3,(H,21,26). The highest BCUT2D eigenvalue weighted by molar-refractivity contribution is 7.88. The molecule has 1 aromatic heterocycles. The number of hydrogen-bond donors (Lipinski definition) is 2. The zero-order valence-corrected chi connectivity index (χ0v) is 18.1. The van der Waals surface area contributed by atoms with Gasteiger partial charge in [-0.05, 0) is 12.0 Å². The molecule has 0 bridgehead atoms. The summed E-state index contributed by atoms with van der Waals surface area (Å²) in [6.45, 7) is 3.02. The number of amides is 1. The number of nitrogens with zero attached hydrogens (tertiary/aromatic N) is 3. The molecule has 0 saturated carbocycles. The van der Waals surface area contributed by atoms with Gasteiger partial charge in [0.25, 0.3) is 5.91 Å². The largest absolute Gasteiger partial charge is 0.349 e. The van der Waals surface area contributed by atoms with Gasteiger partial charge in [0.05, 0.1) is 17.0 Å². The van der Waals surface area contributed by atoms with Crippen LogP contribution in [0.25, 0.3) is 0 Å². The number of halogens is 1. The summed E-state index contributed by atoms with van der Waals surface area (Å²) in [6, 6.07) is 8.87. The number of carbonyl (C=O) groups is 1. The van der Waals surface area contributed by atoms with Crippen LogP contribution in [0.2, 0.25) is 5.02 Å². The molecule has 2 N–H and O–H groups in total. The van der Waals surface area contributed by atoms with E-state index in [1.165, 1.54) is 6.20 Å². The van der Waals surface area contributed by atoms with Crippen molar-refractivity contribution < 1.29 is 13.2 Å². The Morgan fingerprint density at radius 2 is 1.93 bits per heavy atom. The molecule has 8 nitrogen and oxygen atoms in total. The van der Waals surface area contributed by atoms with Gasteiger partial charge in [-0.2, -0.15) is 0 Å². The lowest BCUT2D eigenvalue weighted by atomic mass is 10.2. The predicted octanol–water partition coefficient (Wildman–Crippen LogP) is 2.22. The molecule has 1 heterocycles. The third-order valence-electron chi connectivity index (χ3n) is 4.07. The van der Waals surface area contributed by atoms with Crippen LogP contribution in [0.5, 0.6) is 0 Å². The van der Waals surface area contributed by atoms with Gasteiger partial charge < -0.3 is 10.2 Å². The monoisotopic (exact) mass is 439 g/mol. The second-order valence-electron chi connectivity index (χ2n) is 6.54. The molecule has 1 amide bonds. The van der Waals surface area contributed by atoms with Crippen LogP contribution < -0.4 is 14.9 Å². The molecule has 2 rings (SSSR count). The van der Waals surface area contributed by atoms with E-state index in [0.717, 1.165) is 19.4 Å². The van der Waals surface area contributed by atoms with E-state index in [0.29, 0.717) is 11.5 Å². The highest BCUT2D eigenvalue weighted by atomic mass is 35.5. The summed E-state index contributed by atoms with van der Waals surface area (Å²) >= 11 is 6.06. The third-order valence-corrected chi connectivity index (χ3v) is 5.70. The van der Waals surface area contributed by atoms with Crippen LogP contribution in [0, 0.1) is 0 Å². The Kier molecular flexibility index (Phi) is 8.81. The van der Waals surface area contributed by atoms with E-state index in [1.807, 2.05) is 18.0 Å². The molecular weight excluding hydrogens is 414 g/mol. The fourth-order valence-electron chi connectivity index (χ4n) is 2.51. The Balaban J connectivity index is 1.87. The normalized spacial score (nSPS) is 11.3. The van der Waals surface area contributed by atoms with Crippen molar-refractivity contribution in [1.29, 1.82) is 0 Å². The minimum absolute atomic E-state index is 0.0622. The number of nitrogens with one attached hydrogen (secondary N) is 2. The number of rotatable bonds is 11. The summed E-state index contributed by atoms with van der Waals surface area (Å²) < 4.78 is 26.7. The first kappa shape index (κ1) is 23.1. The lowest BCUT2D eigenvalue weighted by Gasteiger charge is -2.17. The first-order chi connectivity index (χ1) is 13.8. The smallest absolute Gasteiger partial charge is 0.271 e. The Labute approximate surface area is 176 Å². The van der Waals surface area contributed by atoms with Crippen LogP contribution in [0.15, 0.2) is 36.5 Å². The zero-order chi connectivity index (χ0) is 21.3. The van der Waals surface area contributed by atoms with Gasteiger partial charge in [-0.25, -0.2) is 23.1 Å². The van der Waals surface area contributed by atoms with Crippen molar-refractivity contribution in [2.24, 2.45) is 0 Å². The number of hydrogen-bond acceptors (Lipinski definition) is 6. The number of aromatic nitrogens is 2. The molecule has 0 aliphatic rings. The molecule has 1 aromatic carbocycles. The van der Waals surface area contributed by atoms with E-state index in [1.54, 1.807) is 24.3 Å². The molecule has 158 valence electrons. The summed E-state index contributed by atoms with van der Waals surface area (Å²) in [5.41, 5.74) is 0.753. The van der Waals surface area contributed by atoms with Crippen molar-refractivity contribution >= 4 is 33.5 Å². The van der Waals surface area contributed by atoms with E-state index in [-0.39, 0.29) is 29.6 Å². The Bertz CT molecular complexity index is 909. The van der Waals surface area contributed by atoms with Crippen molar-refractivity contribution in [2.45, 2.75) is 25.5 Å². The maximum Gasteiger partial charge on any atom is 0.271 e. The average molecular weight is 440 g/mol. The molecule has 0 unspecified atom stereocenters. The number of benzene rings is 1. The van der Waals surface area contributed by atoms with Gasteiger partial charge in [0.1, 0.15) is 0 Å². The molecule has 10 heteroatoms. The minimum atomic E-state index is -3.49. The summed E-state index contributed by atoms with van der Waals surface area (Å²) in [7, 11) is -1.64. The number of unbranched alkanes of at least 4 members (excludes halogenated alkanes) is 1. The lowest BCUT2D eigenvalue weighted by Crippen LogP contribution is -2.35. The van der Waals surface area contributed by atoms with Gasteiger partial charge in [0.2, 0.25) is 16.0 Å². The summed E-state index contributed by atoms with van der Waals surface area (Å²) in [6.07, 6.45) is 3.41. The van der Waals surface area contributed by atoms with E-state index in [2.05, 4.69) is 26.9 Å². The van der Waals surface area contributed by atoms with Gasteiger partial charge in [-0.1, -0.05) is 55.3 Å². The minimum Gasteiger partial charge on any atom is -0.349 e. The summed E-state index contributed by atoms with van der Waals surface area (Å²) in [5.74, 6) is -0.186. The van der Waals surface area contributed by atoms with E-state index in [9.17, 15) is 13.2 Å². The van der Waals surface area contributed by atoms with E-state index in [4.69, 9.17) is 11.6 Å². The van der Waals surface area contributed by atoms with Crippen molar-refractivity contribution in [1.82, 2.24) is 20.0 Å². The Hall–Kier alpha value is -2.23. The Morgan fingerprint density at radius 1 is 1.21 bits per heavy atom. The number of anilines is 1. The second kappa shape index (κ2) is 11.1. The molecule has 0 aliphatic carbocycles. The molecule has 0 saturated heterocycles. The van der Waals surface area contributed by atoms with Crippen LogP contribution in [0.3, 0.4) is 0 Å². The first-order valence-corrected chi connectivity index (χ1v) is 11.4. The van der Waals surface area contributed by atoms with Gasteiger partial charge in [-0.3, -0.25) is 4.79 Å². The number of sulfonamides is 1. The summed E-state index contributed by atoms with van der Waals surface area (Å²) in [5, 5.41) is 2.77. The molecule has 0 atom stereocenters. The SMILES string of the molecule is CCCCN(C)c1ncc(Cl)c(C(=O)NCCNS(=O)(=O)Cc2ccccc2)n1. The predicted molar refractivity (Wildman–Crippen MR) is 115 cm³/mol. The fraction of sp³-hybridized carbons (Fsp3) is 0.421. The molecule has 0 aliphatic heterocycles. The van der Waals surface area contributed by atoms with Crippen molar-refractivity contribution in [3.8, 4) is 0 Å². The molecule has 0 radical (unpaired) electrons. The molecular formula is C19H26ClN5O3S. The van der Waals surface area contributed by atoms with Crippen LogP contribution in [0.1, 0.15) is 35.8 Å². The van der Waals surface area contributed by atoms with Crippen molar-refractivity contribution in [3.05, 3.63) is 52.8 Å². The molecule has 0 fully saturated rings. The lowest BCUT2D eigenvalue weighted by molar-refractivity contribution is 0.0949. The van der Waals surface area contributed by atoms with Crippen LogP contribution >= 0.6 is 11.6 Å². The zero-order valence-electron chi connectivity index (χ0n) is 16.6. The quantitative estimate of drug-likeness (QED) is 0.520. The van der Waals surface area contributed by atoms with Gasteiger partial charge in [0, 0.05) is 26.7 Å². The fourth-order valence-corrected chi connectivity index (χ4v) is 3.83. The van der Waals surface area contributed by atoms with Gasteiger partial charge >= 0.3 is 0 Å². The van der Waals surface area contributed by atoms with Crippen LogP contribution in [-0.2, 0) is 15.8 Å². The van der Waals surface area contributed by atoms with E-state index >= 15 is 0 Å². The third kappa shape index (κ3) is 7.60. The van der Waals surface area contributed by atoms with Crippen LogP contribution in [0.4, 0.5) is 5.95 Å². The molecule has 0 spiro atoms.